The Hall–Kier alpha value is 0.460. The molecule has 0 aromatic heterocycles. The Morgan fingerprint density at radius 1 is 1.38 bits per heavy atom. The third-order valence-corrected chi connectivity index (χ3v) is 3.67. The van der Waals surface area contributed by atoms with Gasteiger partial charge in [0.25, 0.3) is 0 Å². The first-order chi connectivity index (χ1) is 6.15. The van der Waals surface area contributed by atoms with Crippen LogP contribution in [0.5, 0.6) is 0 Å². The maximum atomic E-state index is 6.06. The van der Waals surface area contributed by atoms with Crippen LogP contribution < -0.4 is 0 Å². The van der Waals surface area contributed by atoms with Gasteiger partial charge in [-0.05, 0) is 56.1 Å². The molecule has 0 atom stereocenters. The zero-order chi connectivity index (χ0) is 9.84. The summed E-state index contributed by atoms with van der Waals surface area (Å²) < 4.78 is 0.941. The predicted molar refractivity (Wildman–Crippen MR) is 71.5 cm³/mol. The van der Waals surface area contributed by atoms with Crippen LogP contribution >= 0.6 is 50.1 Å². The number of rotatable bonds is 2. The molecule has 0 saturated heterocycles. The van der Waals surface area contributed by atoms with Gasteiger partial charge in [-0.2, -0.15) is 0 Å². The summed E-state index contributed by atoms with van der Waals surface area (Å²) in [6.45, 7) is 2.14. The highest BCUT2D eigenvalue weighted by Gasteiger charge is 2.01. The standard InChI is InChI=1S/C10H9BrClI/c1-2-7-3-5-8(6-4-7)9(12)10(11)13/h3-6H,2H2,1H3/b10-9+. The maximum absolute atomic E-state index is 6.06. The summed E-state index contributed by atoms with van der Waals surface area (Å²) in [5.41, 5.74) is 2.39. The highest BCUT2D eigenvalue weighted by atomic mass is 127. The van der Waals surface area contributed by atoms with E-state index in [2.05, 4.69) is 57.6 Å². The van der Waals surface area contributed by atoms with E-state index < -0.39 is 0 Å². The lowest BCUT2D eigenvalue weighted by Gasteiger charge is -2.01. The molecule has 0 aliphatic carbocycles. The average Bonchev–Trinajstić information content (AvgIpc) is 2.17. The van der Waals surface area contributed by atoms with E-state index in [9.17, 15) is 0 Å². The van der Waals surface area contributed by atoms with Gasteiger partial charge in [0.15, 0.2) is 0 Å². The number of halogens is 3. The molecule has 1 aromatic carbocycles. The van der Waals surface area contributed by atoms with Crippen molar-refractivity contribution in [2.45, 2.75) is 13.3 Å². The molecular weight excluding hydrogens is 362 g/mol. The summed E-state index contributed by atoms with van der Waals surface area (Å²) in [4.78, 5) is 0. The lowest BCUT2D eigenvalue weighted by atomic mass is 10.1. The zero-order valence-corrected chi connectivity index (χ0v) is 11.6. The van der Waals surface area contributed by atoms with Crippen molar-refractivity contribution in [2.24, 2.45) is 0 Å². The molecular formula is C10H9BrClI. The molecule has 70 valence electrons. The Labute approximate surface area is 106 Å². The molecule has 0 fully saturated rings. The Balaban J connectivity index is 2.99. The first kappa shape index (κ1) is 11.5. The highest BCUT2D eigenvalue weighted by molar-refractivity contribution is 14.1. The van der Waals surface area contributed by atoms with Crippen molar-refractivity contribution in [3.05, 3.63) is 37.9 Å². The second-order valence-corrected chi connectivity index (χ2v) is 6.36. The fraction of sp³-hybridized carbons (Fsp3) is 0.200. The molecule has 0 heterocycles. The minimum atomic E-state index is 0.767. The molecule has 0 spiro atoms. The van der Waals surface area contributed by atoms with Gasteiger partial charge in [-0.25, -0.2) is 0 Å². The topological polar surface area (TPSA) is 0 Å². The third kappa shape index (κ3) is 3.26. The van der Waals surface area contributed by atoms with Gasteiger partial charge < -0.3 is 0 Å². The second-order valence-electron chi connectivity index (χ2n) is 2.62. The second kappa shape index (κ2) is 5.37. The van der Waals surface area contributed by atoms with E-state index in [1.54, 1.807) is 0 Å². The molecule has 3 heteroatoms. The van der Waals surface area contributed by atoms with Gasteiger partial charge in [0, 0.05) is 0 Å². The first-order valence-electron chi connectivity index (χ1n) is 3.95. The van der Waals surface area contributed by atoms with Gasteiger partial charge in [0.1, 0.15) is 0 Å². The van der Waals surface area contributed by atoms with E-state index >= 15 is 0 Å². The van der Waals surface area contributed by atoms with Gasteiger partial charge >= 0.3 is 0 Å². The van der Waals surface area contributed by atoms with E-state index in [1.807, 2.05) is 12.1 Å². The lowest BCUT2D eigenvalue weighted by Crippen LogP contribution is -1.81. The molecule has 0 saturated carbocycles. The average molecular weight is 371 g/mol. The van der Waals surface area contributed by atoms with Crippen LogP contribution in [0.3, 0.4) is 0 Å². The van der Waals surface area contributed by atoms with Crippen molar-refractivity contribution in [3.63, 3.8) is 0 Å². The highest BCUT2D eigenvalue weighted by Crippen LogP contribution is 2.30. The van der Waals surface area contributed by atoms with Crippen molar-refractivity contribution >= 4 is 55.2 Å². The van der Waals surface area contributed by atoms with Crippen molar-refractivity contribution < 1.29 is 0 Å². The molecule has 1 aromatic rings. The van der Waals surface area contributed by atoms with E-state index in [4.69, 9.17) is 11.6 Å². The number of aryl methyl sites for hydroxylation is 1. The van der Waals surface area contributed by atoms with E-state index in [0.29, 0.717) is 0 Å². The lowest BCUT2D eigenvalue weighted by molar-refractivity contribution is 1.14. The van der Waals surface area contributed by atoms with Crippen LogP contribution in [-0.2, 0) is 6.42 Å². The van der Waals surface area contributed by atoms with Crippen molar-refractivity contribution in [2.75, 3.05) is 0 Å². The quantitative estimate of drug-likeness (QED) is 0.646. The van der Waals surface area contributed by atoms with Crippen LogP contribution in [-0.4, -0.2) is 0 Å². The molecule has 0 bridgehead atoms. The fourth-order valence-electron chi connectivity index (χ4n) is 0.996. The molecule has 1 rings (SSSR count). The van der Waals surface area contributed by atoms with Crippen LogP contribution in [0.2, 0.25) is 0 Å². The van der Waals surface area contributed by atoms with E-state index in [-0.39, 0.29) is 0 Å². The SMILES string of the molecule is CCc1ccc(/C(Cl)=C(/Br)I)cc1. The van der Waals surface area contributed by atoms with Crippen LogP contribution in [0.25, 0.3) is 5.03 Å². The van der Waals surface area contributed by atoms with E-state index in [0.717, 1.165) is 19.5 Å². The Morgan fingerprint density at radius 3 is 2.31 bits per heavy atom. The first-order valence-corrected chi connectivity index (χ1v) is 6.20. The van der Waals surface area contributed by atoms with Crippen molar-refractivity contribution in [1.82, 2.24) is 0 Å². The summed E-state index contributed by atoms with van der Waals surface area (Å²) >= 11 is 11.6. The van der Waals surface area contributed by atoms with Crippen LogP contribution in [0, 0.1) is 0 Å². The molecule has 0 amide bonds. The Morgan fingerprint density at radius 2 is 1.92 bits per heavy atom. The minimum absolute atomic E-state index is 0.767. The zero-order valence-electron chi connectivity index (χ0n) is 7.15. The molecule has 0 N–H and O–H groups in total. The van der Waals surface area contributed by atoms with Crippen molar-refractivity contribution in [3.8, 4) is 0 Å². The Bertz CT molecular complexity index is 312. The van der Waals surface area contributed by atoms with Gasteiger partial charge in [0.2, 0.25) is 0 Å². The third-order valence-electron chi connectivity index (χ3n) is 1.78. The normalized spacial score (nSPS) is 12.6. The van der Waals surface area contributed by atoms with Crippen LogP contribution in [0.1, 0.15) is 18.1 Å². The van der Waals surface area contributed by atoms with Gasteiger partial charge in [-0.1, -0.05) is 42.8 Å². The Kier molecular flexibility index (Phi) is 4.76. The minimum Gasteiger partial charge on any atom is -0.0819 e. The van der Waals surface area contributed by atoms with Gasteiger partial charge in [0.05, 0.1) is 7.52 Å². The van der Waals surface area contributed by atoms with Crippen LogP contribution in [0.15, 0.2) is 26.8 Å². The summed E-state index contributed by atoms with van der Waals surface area (Å²) in [6.07, 6.45) is 1.06. The smallest absolute Gasteiger partial charge is 0.0751 e. The van der Waals surface area contributed by atoms with Gasteiger partial charge in [-0.3, -0.25) is 0 Å². The van der Waals surface area contributed by atoms with Gasteiger partial charge in [-0.15, -0.1) is 0 Å². The van der Waals surface area contributed by atoms with Crippen molar-refractivity contribution in [1.29, 1.82) is 0 Å². The largest absolute Gasteiger partial charge is 0.0819 e. The molecule has 0 nitrogen and oxygen atoms in total. The molecule has 13 heavy (non-hydrogen) atoms. The summed E-state index contributed by atoms with van der Waals surface area (Å²) in [5.74, 6) is 0. The summed E-state index contributed by atoms with van der Waals surface area (Å²) in [6, 6.07) is 8.29. The molecule has 0 unspecified atom stereocenters. The molecule has 0 aliphatic heterocycles. The molecule has 0 aliphatic rings. The number of hydrogen-bond acceptors (Lipinski definition) is 0. The fourth-order valence-corrected chi connectivity index (χ4v) is 1.66. The summed E-state index contributed by atoms with van der Waals surface area (Å²) in [7, 11) is 0. The number of benzene rings is 1. The van der Waals surface area contributed by atoms with E-state index in [1.165, 1.54) is 5.56 Å². The maximum Gasteiger partial charge on any atom is 0.0751 e. The summed E-state index contributed by atoms with van der Waals surface area (Å²) in [5, 5.41) is 0.767. The number of hydrogen-bond donors (Lipinski definition) is 0. The monoisotopic (exact) mass is 370 g/mol. The van der Waals surface area contributed by atoms with Crippen LogP contribution in [0.4, 0.5) is 0 Å². The molecule has 0 radical (unpaired) electrons. The predicted octanol–water partition coefficient (Wildman–Crippen LogP) is 4.94.